The van der Waals surface area contributed by atoms with E-state index in [0.29, 0.717) is 25.4 Å². The lowest BCUT2D eigenvalue weighted by Gasteiger charge is -2.12. The van der Waals surface area contributed by atoms with E-state index in [1.54, 1.807) is 24.3 Å². The minimum absolute atomic E-state index is 0. The van der Waals surface area contributed by atoms with E-state index in [-0.39, 0.29) is 28.9 Å². The Balaban J connectivity index is 0.00000392. The van der Waals surface area contributed by atoms with Crippen LogP contribution in [0.2, 0.25) is 0 Å². The molecule has 0 saturated heterocycles. The summed E-state index contributed by atoms with van der Waals surface area (Å²) in [4.78, 5) is 4.85. The highest BCUT2D eigenvalue weighted by Crippen LogP contribution is 2.15. The number of sulfone groups is 1. The SMILES string of the molecule is CCNC(=NCc1ccc(C)cc1)NCCOc1ccc(S(C)(=O)=O)cc1.I. The van der Waals surface area contributed by atoms with Gasteiger partial charge in [0.25, 0.3) is 0 Å². The van der Waals surface area contributed by atoms with Gasteiger partial charge in [0.2, 0.25) is 0 Å². The fourth-order valence-corrected chi connectivity index (χ4v) is 2.96. The third kappa shape index (κ3) is 8.47. The number of guanidine groups is 1. The summed E-state index contributed by atoms with van der Waals surface area (Å²) < 4.78 is 28.5. The van der Waals surface area contributed by atoms with Crippen molar-refractivity contribution in [1.29, 1.82) is 0 Å². The minimum atomic E-state index is -3.19. The molecule has 0 bridgehead atoms. The predicted octanol–water partition coefficient (Wildman–Crippen LogP) is 3.15. The third-order valence-corrected chi connectivity index (χ3v) is 4.93. The van der Waals surface area contributed by atoms with Crippen LogP contribution in [0.15, 0.2) is 58.4 Å². The Morgan fingerprint density at radius 3 is 2.25 bits per heavy atom. The molecule has 6 nitrogen and oxygen atoms in total. The summed E-state index contributed by atoms with van der Waals surface area (Å²) in [5.74, 6) is 1.36. The quantitative estimate of drug-likeness (QED) is 0.244. The molecule has 2 aromatic rings. The molecule has 28 heavy (non-hydrogen) atoms. The summed E-state index contributed by atoms with van der Waals surface area (Å²) in [6, 6.07) is 14.7. The maximum Gasteiger partial charge on any atom is 0.191 e. The van der Waals surface area contributed by atoms with Crippen molar-refractivity contribution in [1.82, 2.24) is 10.6 Å². The largest absolute Gasteiger partial charge is 0.492 e. The summed E-state index contributed by atoms with van der Waals surface area (Å²) in [6.07, 6.45) is 1.19. The molecule has 0 aromatic heterocycles. The van der Waals surface area contributed by atoms with Gasteiger partial charge in [0.1, 0.15) is 12.4 Å². The molecule has 2 aromatic carbocycles. The van der Waals surface area contributed by atoms with E-state index >= 15 is 0 Å². The number of ether oxygens (including phenoxy) is 1. The summed E-state index contributed by atoms with van der Waals surface area (Å²) >= 11 is 0. The van der Waals surface area contributed by atoms with Gasteiger partial charge in [0.05, 0.1) is 18.0 Å². The lowest BCUT2D eigenvalue weighted by Crippen LogP contribution is -2.39. The van der Waals surface area contributed by atoms with Crippen molar-refractivity contribution in [2.24, 2.45) is 4.99 Å². The number of hydrogen-bond acceptors (Lipinski definition) is 4. The average Bonchev–Trinajstić information content (AvgIpc) is 2.64. The first-order valence-electron chi connectivity index (χ1n) is 8.89. The number of hydrogen-bond donors (Lipinski definition) is 2. The molecule has 8 heteroatoms. The summed E-state index contributed by atoms with van der Waals surface area (Å²) in [5, 5.41) is 6.43. The second-order valence-electron chi connectivity index (χ2n) is 6.20. The van der Waals surface area contributed by atoms with E-state index in [4.69, 9.17) is 4.74 Å². The second-order valence-corrected chi connectivity index (χ2v) is 8.22. The van der Waals surface area contributed by atoms with Gasteiger partial charge in [0.15, 0.2) is 15.8 Å². The molecular formula is C20H28IN3O3S. The zero-order chi connectivity index (χ0) is 19.7. The van der Waals surface area contributed by atoms with E-state index in [1.807, 2.05) is 6.92 Å². The number of halogens is 1. The van der Waals surface area contributed by atoms with Gasteiger partial charge in [-0.1, -0.05) is 29.8 Å². The van der Waals surface area contributed by atoms with Crippen LogP contribution in [-0.4, -0.2) is 40.3 Å². The van der Waals surface area contributed by atoms with Gasteiger partial charge >= 0.3 is 0 Å². The van der Waals surface area contributed by atoms with Crippen LogP contribution in [-0.2, 0) is 16.4 Å². The molecule has 0 aliphatic carbocycles. The Morgan fingerprint density at radius 1 is 1.04 bits per heavy atom. The van der Waals surface area contributed by atoms with Crippen molar-refractivity contribution in [2.75, 3.05) is 26.0 Å². The zero-order valence-electron chi connectivity index (χ0n) is 16.4. The molecule has 0 amide bonds. The molecule has 2 rings (SSSR count). The molecule has 0 aliphatic rings. The first-order valence-corrected chi connectivity index (χ1v) is 10.8. The lowest BCUT2D eigenvalue weighted by atomic mass is 10.1. The van der Waals surface area contributed by atoms with Crippen molar-refractivity contribution < 1.29 is 13.2 Å². The summed E-state index contributed by atoms with van der Waals surface area (Å²) in [6.45, 7) is 6.47. The molecular weight excluding hydrogens is 489 g/mol. The number of nitrogens with zero attached hydrogens (tertiary/aromatic N) is 1. The molecule has 0 saturated carbocycles. The Kier molecular flexibility index (Phi) is 10.3. The van der Waals surface area contributed by atoms with E-state index in [9.17, 15) is 8.42 Å². The molecule has 0 unspecified atom stereocenters. The van der Waals surface area contributed by atoms with E-state index in [2.05, 4.69) is 46.8 Å². The van der Waals surface area contributed by atoms with Gasteiger partial charge in [-0.05, 0) is 43.7 Å². The highest BCUT2D eigenvalue weighted by atomic mass is 127. The molecule has 2 N–H and O–H groups in total. The number of rotatable bonds is 8. The van der Waals surface area contributed by atoms with Crippen LogP contribution >= 0.6 is 24.0 Å². The molecule has 0 atom stereocenters. The van der Waals surface area contributed by atoms with Crippen LogP contribution in [0.4, 0.5) is 0 Å². The zero-order valence-corrected chi connectivity index (χ0v) is 19.6. The Morgan fingerprint density at radius 2 is 1.68 bits per heavy atom. The first kappa shape index (κ1) is 24.2. The van der Waals surface area contributed by atoms with Crippen molar-refractivity contribution >= 4 is 39.8 Å². The predicted molar refractivity (Wildman–Crippen MR) is 124 cm³/mol. The summed E-state index contributed by atoms with van der Waals surface area (Å²) in [5.41, 5.74) is 2.38. The van der Waals surface area contributed by atoms with Gasteiger partial charge < -0.3 is 15.4 Å². The maximum absolute atomic E-state index is 11.5. The Labute approximate surface area is 184 Å². The normalized spacial score (nSPS) is 11.5. The Bertz CT molecular complexity index is 851. The van der Waals surface area contributed by atoms with Crippen LogP contribution in [0.1, 0.15) is 18.1 Å². The van der Waals surface area contributed by atoms with Crippen molar-refractivity contribution in [3.05, 3.63) is 59.7 Å². The summed E-state index contributed by atoms with van der Waals surface area (Å²) in [7, 11) is -3.19. The molecule has 0 fully saturated rings. The fourth-order valence-electron chi connectivity index (χ4n) is 2.33. The first-order chi connectivity index (χ1) is 12.9. The van der Waals surface area contributed by atoms with Crippen LogP contribution in [0.3, 0.4) is 0 Å². The minimum Gasteiger partial charge on any atom is -0.492 e. The van der Waals surface area contributed by atoms with E-state index in [1.165, 1.54) is 11.8 Å². The highest BCUT2D eigenvalue weighted by Gasteiger charge is 2.06. The van der Waals surface area contributed by atoms with Gasteiger partial charge in [-0.15, -0.1) is 24.0 Å². The molecule has 0 heterocycles. The van der Waals surface area contributed by atoms with E-state index in [0.717, 1.165) is 18.1 Å². The van der Waals surface area contributed by atoms with Crippen LogP contribution < -0.4 is 15.4 Å². The van der Waals surface area contributed by atoms with E-state index < -0.39 is 9.84 Å². The smallest absolute Gasteiger partial charge is 0.191 e. The fraction of sp³-hybridized carbons (Fsp3) is 0.350. The maximum atomic E-state index is 11.5. The molecule has 154 valence electrons. The standard InChI is InChI=1S/C20H27N3O3S.HI/c1-4-21-20(23-15-17-7-5-16(2)6-8-17)22-13-14-26-18-9-11-19(12-10-18)27(3,24)25;/h5-12H,4,13-15H2,1-3H3,(H2,21,22,23);1H. The topological polar surface area (TPSA) is 79.8 Å². The number of nitrogens with one attached hydrogen (secondary N) is 2. The number of benzene rings is 2. The van der Waals surface area contributed by atoms with Crippen LogP contribution in [0, 0.1) is 6.92 Å². The number of aryl methyl sites for hydroxylation is 1. The lowest BCUT2D eigenvalue weighted by molar-refractivity contribution is 0.321. The van der Waals surface area contributed by atoms with Crippen LogP contribution in [0.5, 0.6) is 5.75 Å². The van der Waals surface area contributed by atoms with Crippen LogP contribution in [0.25, 0.3) is 0 Å². The molecule has 0 radical (unpaired) electrons. The van der Waals surface area contributed by atoms with Crippen molar-refractivity contribution in [2.45, 2.75) is 25.3 Å². The average molecular weight is 517 g/mol. The monoisotopic (exact) mass is 517 g/mol. The second kappa shape index (κ2) is 11.9. The van der Waals surface area contributed by atoms with Gasteiger partial charge in [-0.2, -0.15) is 0 Å². The molecule has 0 spiro atoms. The third-order valence-electron chi connectivity index (χ3n) is 3.80. The van der Waals surface area contributed by atoms with Gasteiger partial charge in [0, 0.05) is 12.8 Å². The van der Waals surface area contributed by atoms with Crippen molar-refractivity contribution in [3.8, 4) is 5.75 Å². The van der Waals surface area contributed by atoms with Gasteiger partial charge in [-0.25, -0.2) is 13.4 Å². The molecule has 0 aliphatic heterocycles. The Hall–Kier alpha value is -1.81. The van der Waals surface area contributed by atoms with Crippen molar-refractivity contribution in [3.63, 3.8) is 0 Å². The highest BCUT2D eigenvalue weighted by molar-refractivity contribution is 14.0. The van der Waals surface area contributed by atoms with Gasteiger partial charge in [-0.3, -0.25) is 0 Å². The number of aliphatic imine (C=N–C) groups is 1.